The highest BCUT2D eigenvalue weighted by molar-refractivity contribution is 6.06. The number of hydrogen-bond donors (Lipinski definition) is 0. The number of hydrazone groups is 1. The molecule has 1 aromatic heterocycles. The number of benzene rings is 1. The molecule has 1 aromatic carbocycles. The van der Waals surface area contributed by atoms with Gasteiger partial charge < -0.3 is 14.3 Å². The van der Waals surface area contributed by atoms with E-state index in [1.807, 2.05) is 0 Å². The van der Waals surface area contributed by atoms with E-state index in [4.69, 9.17) is 4.42 Å². The molecule has 0 spiro atoms. The van der Waals surface area contributed by atoms with E-state index >= 15 is 0 Å². The lowest BCUT2D eigenvalue weighted by atomic mass is 9.63. The summed E-state index contributed by atoms with van der Waals surface area (Å²) in [5.41, 5.74) is 0.626. The van der Waals surface area contributed by atoms with Gasteiger partial charge in [0.15, 0.2) is 0 Å². The Hall–Kier alpha value is -3.48. The number of hydrogen-bond acceptors (Lipinski definition) is 6. The summed E-state index contributed by atoms with van der Waals surface area (Å²) in [6, 6.07) is 9.53. The zero-order valence-electron chi connectivity index (χ0n) is 15.4. The molecule has 2 heterocycles. The molecule has 6 rings (SSSR count). The first-order valence-electron chi connectivity index (χ1n) is 9.54. The number of rotatable bonds is 4. The Balaban J connectivity index is 1.37. The van der Waals surface area contributed by atoms with Gasteiger partial charge in [-0.2, -0.15) is 10.1 Å². The quantitative estimate of drug-likeness (QED) is 0.451. The fourth-order valence-electron chi connectivity index (χ4n) is 4.66. The third kappa shape index (κ3) is 2.81. The van der Waals surface area contributed by atoms with Crippen molar-refractivity contribution >= 4 is 24.0 Å². The van der Waals surface area contributed by atoms with Gasteiger partial charge in [0, 0.05) is 5.56 Å². The Labute approximate surface area is 166 Å². The smallest absolute Gasteiger partial charge is 0.254 e. The monoisotopic (exact) mass is 389 g/mol. The number of aromatic carboxylic acids is 1. The van der Waals surface area contributed by atoms with Gasteiger partial charge in [0.1, 0.15) is 11.5 Å². The number of carboxylic acids is 1. The summed E-state index contributed by atoms with van der Waals surface area (Å²) in [6.45, 7) is 0. The average molecular weight is 389 g/mol. The number of furan rings is 1. The van der Waals surface area contributed by atoms with Crippen molar-refractivity contribution in [1.82, 2.24) is 5.01 Å². The highest BCUT2D eigenvalue weighted by Crippen LogP contribution is 2.49. The number of carboxylic acid groups (broad SMARTS) is 1. The first-order chi connectivity index (χ1) is 14.0. The van der Waals surface area contributed by atoms with E-state index in [0.29, 0.717) is 17.1 Å². The van der Waals surface area contributed by atoms with Crippen molar-refractivity contribution in [2.75, 3.05) is 0 Å². The number of allylic oxidation sites excluding steroid dienone is 2. The molecule has 2 fully saturated rings. The van der Waals surface area contributed by atoms with Gasteiger partial charge in [-0.15, -0.1) is 0 Å². The van der Waals surface area contributed by atoms with Crippen LogP contribution >= 0.6 is 0 Å². The Morgan fingerprint density at radius 2 is 1.76 bits per heavy atom. The number of imide groups is 1. The largest absolute Gasteiger partial charge is 0.545 e. The topological polar surface area (TPSA) is 103 Å². The van der Waals surface area contributed by atoms with Gasteiger partial charge in [-0.3, -0.25) is 9.59 Å². The summed E-state index contributed by atoms with van der Waals surface area (Å²) in [7, 11) is 0. The molecule has 2 amide bonds. The van der Waals surface area contributed by atoms with Gasteiger partial charge in [0.25, 0.3) is 11.8 Å². The van der Waals surface area contributed by atoms with Crippen molar-refractivity contribution in [3.63, 3.8) is 0 Å². The third-order valence-corrected chi connectivity index (χ3v) is 6.05. The summed E-state index contributed by atoms with van der Waals surface area (Å²) in [5, 5.41) is 16.1. The Bertz CT molecular complexity index is 1050. The van der Waals surface area contributed by atoms with Crippen LogP contribution in [0, 0.1) is 23.7 Å². The van der Waals surface area contributed by atoms with Gasteiger partial charge in [-0.1, -0.05) is 30.4 Å². The van der Waals surface area contributed by atoms with Crippen LogP contribution in [0.3, 0.4) is 0 Å². The van der Waals surface area contributed by atoms with Crippen molar-refractivity contribution in [3.8, 4) is 11.3 Å². The van der Waals surface area contributed by atoms with Crippen molar-refractivity contribution in [1.29, 1.82) is 0 Å². The van der Waals surface area contributed by atoms with Crippen LogP contribution in [-0.2, 0) is 9.59 Å². The molecule has 1 saturated carbocycles. The number of fused-ring (bicyclic) bond motifs is 1. The Kier molecular flexibility index (Phi) is 3.97. The second kappa shape index (κ2) is 6.55. The summed E-state index contributed by atoms with van der Waals surface area (Å²) in [4.78, 5) is 36.5. The molecular weight excluding hydrogens is 372 g/mol. The molecule has 2 aromatic rings. The molecule has 4 atom stereocenters. The van der Waals surface area contributed by atoms with Gasteiger partial charge in [-0.25, -0.2) is 0 Å². The fraction of sp³-hybridized carbons (Fsp3) is 0.273. The first kappa shape index (κ1) is 17.6. The summed E-state index contributed by atoms with van der Waals surface area (Å²) < 4.78 is 5.68. The van der Waals surface area contributed by atoms with Crippen LogP contribution in [-0.4, -0.2) is 29.0 Å². The molecule has 3 aliphatic carbocycles. The minimum Gasteiger partial charge on any atom is -0.545 e. The van der Waals surface area contributed by atoms with E-state index in [0.717, 1.165) is 17.9 Å². The molecular formula is C22H17N2O5-. The highest BCUT2D eigenvalue weighted by Gasteiger charge is 2.56. The van der Waals surface area contributed by atoms with Crippen molar-refractivity contribution in [2.24, 2.45) is 28.8 Å². The standard InChI is InChI=1S/C22H18N2O5/c25-20-18-12-4-5-13(7-6-12)19(18)21(26)24(20)23-11-16-8-9-17(29-16)14-2-1-3-15(10-14)22(27)28/h1-5,8-13,18-19H,6-7H2,(H,27,28)/p-1/b23-11-/t12-,13+,18-,19-/m0/s1. The molecule has 7 heteroatoms. The van der Waals surface area contributed by atoms with Gasteiger partial charge in [0.2, 0.25) is 0 Å². The molecule has 7 nitrogen and oxygen atoms in total. The second-order valence-electron chi connectivity index (χ2n) is 7.64. The fourth-order valence-corrected chi connectivity index (χ4v) is 4.66. The minimum absolute atomic E-state index is 0.0493. The maximum Gasteiger partial charge on any atom is 0.254 e. The summed E-state index contributed by atoms with van der Waals surface area (Å²) in [5.74, 6) is -1.32. The van der Waals surface area contributed by atoms with E-state index in [9.17, 15) is 19.5 Å². The molecule has 1 aliphatic heterocycles. The maximum absolute atomic E-state index is 12.8. The van der Waals surface area contributed by atoms with Crippen LogP contribution in [0.5, 0.6) is 0 Å². The molecule has 29 heavy (non-hydrogen) atoms. The van der Waals surface area contributed by atoms with Gasteiger partial charge in [-0.05, 0) is 48.4 Å². The minimum atomic E-state index is -1.27. The van der Waals surface area contributed by atoms with E-state index in [1.54, 1.807) is 24.3 Å². The average Bonchev–Trinajstić information content (AvgIpc) is 3.32. The van der Waals surface area contributed by atoms with E-state index in [2.05, 4.69) is 17.3 Å². The maximum atomic E-state index is 12.8. The van der Waals surface area contributed by atoms with E-state index in [-0.39, 0.29) is 41.0 Å². The zero-order valence-corrected chi connectivity index (χ0v) is 15.4. The molecule has 1 saturated heterocycles. The molecule has 0 unspecified atom stereocenters. The van der Waals surface area contributed by atoms with Gasteiger partial charge >= 0.3 is 0 Å². The molecule has 0 radical (unpaired) electrons. The predicted octanol–water partition coefficient (Wildman–Crippen LogP) is 1.84. The second-order valence-corrected chi connectivity index (χ2v) is 7.64. The van der Waals surface area contributed by atoms with Crippen molar-refractivity contribution < 1.29 is 23.9 Å². The van der Waals surface area contributed by atoms with E-state index < -0.39 is 5.97 Å². The number of carbonyl (C=O) groups is 3. The van der Waals surface area contributed by atoms with Crippen LogP contribution in [0.1, 0.15) is 29.0 Å². The normalized spacial score (nSPS) is 27.8. The van der Waals surface area contributed by atoms with Crippen molar-refractivity contribution in [2.45, 2.75) is 12.8 Å². The first-order valence-corrected chi connectivity index (χ1v) is 9.54. The molecule has 146 valence electrons. The van der Waals surface area contributed by atoms with Crippen molar-refractivity contribution in [3.05, 3.63) is 59.9 Å². The molecule has 0 N–H and O–H groups in total. The Morgan fingerprint density at radius 3 is 2.38 bits per heavy atom. The lowest BCUT2D eigenvalue weighted by Gasteiger charge is -2.37. The molecule has 4 aliphatic rings. The van der Waals surface area contributed by atoms with Crippen LogP contribution in [0.15, 0.2) is 58.1 Å². The van der Waals surface area contributed by atoms with Crippen LogP contribution in [0.4, 0.5) is 0 Å². The number of amides is 2. The lowest BCUT2D eigenvalue weighted by molar-refractivity contribution is -0.255. The number of carbonyl (C=O) groups excluding carboxylic acids is 3. The van der Waals surface area contributed by atoms with Crippen LogP contribution in [0.25, 0.3) is 11.3 Å². The van der Waals surface area contributed by atoms with Crippen LogP contribution in [0.2, 0.25) is 0 Å². The van der Waals surface area contributed by atoms with Gasteiger partial charge in [0.05, 0.1) is 24.0 Å². The molecule has 2 bridgehead atoms. The van der Waals surface area contributed by atoms with Crippen LogP contribution < -0.4 is 5.11 Å². The highest BCUT2D eigenvalue weighted by atomic mass is 16.4. The Morgan fingerprint density at radius 1 is 1.07 bits per heavy atom. The SMILES string of the molecule is O=C([O-])c1cccc(-c2ccc(/C=N\N3C(=O)[C@@H]4[C@@H](C3=O)[C@H]3C=C[C@@H]4CC3)o2)c1. The predicted molar refractivity (Wildman–Crippen MR) is 100 cm³/mol. The third-order valence-electron chi connectivity index (χ3n) is 6.05. The summed E-state index contributed by atoms with van der Waals surface area (Å²) in [6.07, 6.45) is 7.34. The zero-order chi connectivity index (χ0) is 20.1. The summed E-state index contributed by atoms with van der Waals surface area (Å²) >= 11 is 0. The van der Waals surface area contributed by atoms with E-state index in [1.165, 1.54) is 18.3 Å². The lowest BCUT2D eigenvalue weighted by Crippen LogP contribution is -2.38. The number of nitrogens with zero attached hydrogens (tertiary/aromatic N) is 2.